The van der Waals surface area contributed by atoms with Crippen LogP contribution in [0.15, 0.2) is 35.7 Å². The van der Waals surface area contributed by atoms with Crippen molar-refractivity contribution in [2.45, 2.75) is 38.3 Å². The summed E-state index contributed by atoms with van der Waals surface area (Å²) in [5.41, 5.74) is 1.88. The normalized spacial score (nSPS) is 20.1. The van der Waals surface area contributed by atoms with Gasteiger partial charge in [-0.05, 0) is 19.8 Å². The van der Waals surface area contributed by atoms with Crippen molar-refractivity contribution in [3.8, 4) is 10.6 Å². The van der Waals surface area contributed by atoms with Gasteiger partial charge in [-0.1, -0.05) is 30.3 Å². The Labute approximate surface area is 169 Å². The topological polar surface area (TPSA) is 88.6 Å². The number of piperidine rings is 1. The molecule has 1 amide bonds. The molecule has 3 rings (SSSR count). The number of amides is 1. The van der Waals surface area contributed by atoms with Crippen molar-refractivity contribution < 1.29 is 17.9 Å². The van der Waals surface area contributed by atoms with E-state index in [4.69, 9.17) is 9.72 Å². The molecule has 1 aliphatic rings. The molecule has 28 heavy (non-hydrogen) atoms. The third-order valence-electron chi connectivity index (χ3n) is 4.64. The Kier molecular flexibility index (Phi) is 6.69. The van der Waals surface area contributed by atoms with E-state index in [1.54, 1.807) is 23.2 Å². The minimum atomic E-state index is -3.39. The Hall–Kier alpha value is -1.97. The fraction of sp³-hybridized carbons (Fsp3) is 0.474. The van der Waals surface area contributed by atoms with Gasteiger partial charge in [-0.25, -0.2) is 22.9 Å². The van der Waals surface area contributed by atoms with E-state index in [1.165, 1.54) is 0 Å². The number of likely N-dealkylation sites (tertiary alicyclic amines) is 1. The van der Waals surface area contributed by atoms with Crippen molar-refractivity contribution in [2.75, 3.05) is 19.4 Å². The van der Waals surface area contributed by atoms with Gasteiger partial charge in [0.15, 0.2) is 0 Å². The van der Waals surface area contributed by atoms with Crippen LogP contribution in [0.25, 0.3) is 10.6 Å². The monoisotopic (exact) mass is 423 g/mol. The van der Waals surface area contributed by atoms with E-state index in [0.717, 1.165) is 28.9 Å². The number of ether oxygens (including phenoxy) is 1. The number of carbonyl (C=O) groups is 1. The van der Waals surface area contributed by atoms with Crippen LogP contribution in [0.1, 0.15) is 25.5 Å². The van der Waals surface area contributed by atoms with E-state index >= 15 is 0 Å². The molecule has 7 nitrogen and oxygen atoms in total. The molecule has 1 fully saturated rings. The van der Waals surface area contributed by atoms with Gasteiger partial charge in [-0.3, -0.25) is 0 Å². The minimum Gasteiger partial charge on any atom is -0.450 e. The maximum Gasteiger partial charge on any atom is 0.410 e. The average molecular weight is 424 g/mol. The first kappa shape index (κ1) is 20.8. The Morgan fingerprint density at radius 2 is 2.11 bits per heavy atom. The first-order valence-corrected chi connectivity index (χ1v) is 12.0. The van der Waals surface area contributed by atoms with Gasteiger partial charge in [0, 0.05) is 30.0 Å². The highest BCUT2D eigenvalue weighted by Gasteiger charge is 2.37. The molecule has 0 radical (unpaired) electrons. The molecular formula is C19H25N3O4S2. The summed E-state index contributed by atoms with van der Waals surface area (Å²) in [6.45, 7) is 2.58. The molecule has 0 bridgehead atoms. The summed E-state index contributed by atoms with van der Waals surface area (Å²) in [7, 11) is -3.39. The number of rotatable bonds is 6. The van der Waals surface area contributed by atoms with Gasteiger partial charge in [0.2, 0.25) is 10.0 Å². The number of nitrogens with one attached hydrogen (secondary N) is 1. The zero-order valence-electron chi connectivity index (χ0n) is 16.0. The number of hydrogen-bond donors (Lipinski definition) is 1. The molecule has 2 atom stereocenters. The van der Waals surface area contributed by atoms with Crippen LogP contribution < -0.4 is 4.72 Å². The summed E-state index contributed by atoms with van der Waals surface area (Å²) in [5.74, 6) is 0. The molecule has 1 saturated heterocycles. The molecule has 2 aromatic rings. The van der Waals surface area contributed by atoms with E-state index in [1.807, 2.05) is 35.7 Å². The molecule has 0 aliphatic carbocycles. The fourth-order valence-corrected chi connectivity index (χ4v) is 5.15. The maximum absolute atomic E-state index is 12.4. The van der Waals surface area contributed by atoms with Gasteiger partial charge < -0.3 is 9.64 Å². The van der Waals surface area contributed by atoms with Crippen LogP contribution in [0.5, 0.6) is 0 Å². The van der Waals surface area contributed by atoms with Gasteiger partial charge in [-0.15, -0.1) is 11.3 Å². The van der Waals surface area contributed by atoms with Crippen molar-refractivity contribution in [1.82, 2.24) is 14.6 Å². The predicted molar refractivity (Wildman–Crippen MR) is 110 cm³/mol. The molecule has 2 heterocycles. The van der Waals surface area contributed by atoms with Crippen LogP contribution in [0.3, 0.4) is 0 Å². The molecule has 0 spiro atoms. The van der Waals surface area contributed by atoms with E-state index in [-0.39, 0.29) is 18.7 Å². The fourth-order valence-electron chi connectivity index (χ4n) is 3.48. The minimum absolute atomic E-state index is 0.279. The SMILES string of the molecule is CCOC(=O)N1CCCC(NS(C)(=O)=O)C1Cc1csc(-c2ccccc2)n1. The highest BCUT2D eigenvalue weighted by atomic mass is 32.2. The maximum atomic E-state index is 12.4. The highest BCUT2D eigenvalue weighted by molar-refractivity contribution is 7.88. The van der Waals surface area contributed by atoms with E-state index in [0.29, 0.717) is 19.4 Å². The number of sulfonamides is 1. The van der Waals surface area contributed by atoms with Crippen molar-refractivity contribution in [3.05, 3.63) is 41.4 Å². The summed E-state index contributed by atoms with van der Waals surface area (Å²) in [4.78, 5) is 18.8. The summed E-state index contributed by atoms with van der Waals surface area (Å²) in [6.07, 6.45) is 2.59. The quantitative estimate of drug-likeness (QED) is 0.772. The largest absolute Gasteiger partial charge is 0.450 e. The lowest BCUT2D eigenvalue weighted by Gasteiger charge is -2.40. The van der Waals surface area contributed by atoms with Gasteiger partial charge in [0.1, 0.15) is 5.01 Å². The Morgan fingerprint density at radius 1 is 1.36 bits per heavy atom. The molecule has 1 aromatic carbocycles. The van der Waals surface area contributed by atoms with Crippen LogP contribution in [0.4, 0.5) is 4.79 Å². The van der Waals surface area contributed by atoms with Crippen LogP contribution in [0, 0.1) is 0 Å². The first-order chi connectivity index (χ1) is 13.4. The van der Waals surface area contributed by atoms with Crippen molar-refractivity contribution in [3.63, 3.8) is 0 Å². The van der Waals surface area contributed by atoms with Crippen LogP contribution in [-0.4, -0.2) is 55.9 Å². The standard InChI is InChI=1S/C19H25N3O4S2/c1-3-26-19(23)22-11-7-10-16(21-28(2,24)25)17(22)12-15-13-27-18(20-15)14-8-5-4-6-9-14/h4-6,8-9,13,16-17,21H,3,7,10-12H2,1-2H3. The van der Waals surface area contributed by atoms with Crippen molar-refractivity contribution >= 4 is 27.5 Å². The van der Waals surface area contributed by atoms with Crippen LogP contribution in [-0.2, 0) is 21.2 Å². The molecule has 1 aliphatic heterocycles. The molecule has 152 valence electrons. The highest BCUT2D eigenvalue weighted by Crippen LogP contribution is 2.27. The third-order valence-corrected chi connectivity index (χ3v) is 6.31. The number of carbonyl (C=O) groups excluding carboxylic acids is 1. The van der Waals surface area contributed by atoms with Gasteiger partial charge >= 0.3 is 6.09 Å². The molecular weight excluding hydrogens is 398 g/mol. The lowest BCUT2D eigenvalue weighted by atomic mass is 9.94. The summed E-state index contributed by atoms with van der Waals surface area (Å²) < 4.78 is 31.5. The second kappa shape index (κ2) is 9.02. The lowest BCUT2D eigenvalue weighted by molar-refractivity contribution is 0.0676. The van der Waals surface area contributed by atoms with E-state index < -0.39 is 16.1 Å². The Morgan fingerprint density at radius 3 is 2.79 bits per heavy atom. The second-order valence-electron chi connectivity index (χ2n) is 6.81. The lowest BCUT2D eigenvalue weighted by Crippen LogP contribution is -2.57. The van der Waals surface area contributed by atoms with E-state index in [9.17, 15) is 13.2 Å². The molecule has 1 N–H and O–H groups in total. The summed E-state index contributed by atoms with van der Waals surface area (Å²) >= 11 is 1.54. The smallest absolute Gasteiger partial charge is 0.410 e. The zero-order valence-corrected chi connectivity index (χ0v) is 17.6. The molecule has 0 saturated carbocycles. The number of hydrogen-bond acceptors (Lipinski definition) is 6. The molecule has 1 aromatic heterocycles. The summed E-state index contributed by atoms with van der Waals surface area (Å²) in [5, 5.41) is 2.87. The predicted octanol–water partition coefficient (Wildman–Crippen LogP) is 2.89. The number of benzene rings is 1. The number of nitrogens with zero attached hydrogens (tertiary/aromatic N) is 2. The number of aromatic nitrogens is 1. The van der Waals surface area contributed by atoms with Crippen LogP contribution in [0.2, 0.25) is 0 Å². The zero-order chi connectivity index (χ0) is 20.1. The van der Waals surface area contributed by atoms with E-state index in [2.05, 4.69) is 4.72 Å². The average Bonchev–Trinajstić information content (AvgIpc) is 3.11. The molecule has 9 heteroatoms. The van der Waals surface area contributed by atoms with Gasteiger partial charge in [-0.2, -0.15) is 0 Å². The third kappa shape index (κ3) is 5.30. The second-order valence-corrected chi connectivity index (χ2v) is 9.45. The molecule has 2 unspecified atom stereocenters. The Bertz CT molecular complexity index is 899. The Balaban J connectivity index is 1.84. The van der Waals surface area contributed by atoms with Crippen molar-refractivity contribution in [2.24, 2.45) is 0 Å². The van der Waals surface area contributed by atoms with Gasteiger partial charge in [0.05, 0.1) is 24.6 Å². The van der Waals surface area contributed by atoms with Crippen LogP contribution >= 0.6 is 11.3 Å². The first-order valence-electron chi connectivity index (χ1n) is 9.28. The number of thiazole rings is 1. The van der Waals surface area contributed by atoms with Crippen molar-refractivity contribution in [1.29, 1.82) is 0 Å². The van der Waals surface area contributed by atoms with Gasteiger partial charge in [0.25, 0.3) is 0 Å². The summed E-state index contributed by atoms with van der Waals surface area (Å²) in [6, 6.07) is 9.18.